The zero-order chi connectivity index (χ0) is 30.9. The second kappa shape index (κ2) is 11.8. The molecule has 1 aliphatic heterocycles. The maximum Gasteiger partial charge on any atom is 0.416 e. The summed E-state index contributed by atoms with van der Waals surface area (Å²) in [5.74, 6) is -0.739. The molecule has 1 saturated heterocycles. The zero-order valence-corrected chi connectivity index (χ0v) is 23.6. The van der Waals surface area contributed by atoms with Gasteiger partial charge in [-0.25, -0.2) is 15.0 Å². The van der Waals surface area contributed by atoms with E-state index in [4.69, 9.17) is 15.5 Å². The van der Waals surface area contributed by atoms with E-state index in [2.05, 4.69) is 15.3 Å². The normalized spacial score (nSPS) is 17.5. The molecule has 0 saturated carbocycles. The van der Waals surface area contributed by atoms with Gasteiger partial charge >= 0.3 is 6.18 Å². The molecular formula is C27H28F3N7O5S. The molecule has 43 heavy (non-hydrogen) atoms. The Kier molecular flexibility index (Phi) is 8.29. The van der Waals surface area contributed by atoms with Gasteiger partial charge in [0, 0.05) is 49.9 Å². The molecule has 0 aliphatic carbocycles. The molecule has 12 nitrogen and oxygen atoms in total. The number of imidazole rings is 1. The van der Waals surface area contributed by atoms with Crippen molar-refractivity contribution in [2.45, 2.75) is 17.8 Å². The van der Waals surface area contributed by atoms with Gasteiger partial charge in [0.2, 0.25) is 5.91 Å². The van der Waals surface area contributed by atoms with E-state index >= 15 is 0 Å². The van der Waals surface area contributed by atoms with E-state index in [1.165, 1.54) is 25.4 Å². The van der Waals surface area contributed by atoms with Crippen molar-refractivity contribution in [3.05, 3.63) is 71.9 Å². The summed E-state index contributed by atoms with van der Waals surface area (Å²) in [5, 5.41) is 1.44. The van der Waals surface area contributed by atoms with Crippen molar-refractivity contribution in [1.29, 1.82) is 0 Å². The zero-order valence-electron chi connectivity index (χ0n) is 22.8. The molecule has 1 unspecified atom stereocenters. The van der Waals surface area contributed by atoms with E-state index in [0.29, 0.717) is 16.8 Å². The topological polar surface area (TPSA) is 168 Å². The van der Waals surface area contributed by atoms with Crippen molar-refractivity contribution in [1.82, 2.24) is 24.3 Å². The maximum atomic E-state index is 13.0. The summed E-state index contributed by atoms with van der Waals surface area (Å²) in [6.45, 7) is 0.439. The van der Waals surface area contributed by atoms with Gasteiger partial charge in [0.15, 0.2) is 0 Å². The Bertz CT molecular complexity index is 1660. The van der Waals surface area contributed by atoms with Crippen molar-refractivity contribution in [3.63, 3.8) is 0 Å². The summed E-state index contributed by atoms with van der Waals surface area (Å²) in [6, 6.07) is 7.61. The molecule has 1 aromatic carbocycles. The number of benzene rings is 1. The van der Waals surface area contributed by atoms with Crippen LogP contribution in [-0.4, -0.2) is 77.7 Å². The SMILES string of the molecule is COCCC(=O)N1CCS(O)(O)C(c2nc(-c3ccc(C(=O)Nc4cc(C(F)(F)F)ccn4)cc3)c3c(N)nccn23)C1. The minimum Gasteiger partial charge on any atom is -0.384 e. The second-order valence-electron chi connectivity index (χ2n) is 9.80. The number of nitrogens with two attached hydrogens (primary N) is 1. The minimum absolute atomic E-state index is 0.0221. The molecule has 3 aromatic heterocycles. The van der Waals surface area contributed by atoms with E-state index in [1.54, 1.807) is 27.6 Å². The van der Waals surface area contributed by atoms with Gasteiger partial charge in [0.25, 0.3) is 5.91 Å². The standard InChI is InChI=1S/C27H28F3N7O5S/c1-42-12-7-21(38)36-11-13-43(40,41)19(15-36)25-35-22(23-24(31)33-9-10-37(23)25)16-2-4-17(5-3-16)26(39)34-20-14-18(6-8-32-20)27(28,29)30/h2-6,8-10,14,19,40-41H,7,11-13,15H2,1H3,(H2,31,33)(H,32,34,39). The fourth-order valence-corrected chi connectivity index (χ4v) is 6.48. The van der Waals surface area contributed by atoms with Crippen LogP contribution in [0, 0.1) is 0 Å². The number of aromatic nitrogens is 4. The van der Waals surface area contributed by atoms with E-state index in [1.807, 2.05) is 0 Å². The van der Waals surface area contributed by atoms with Crippen molar-refractivity contribution >= 4 is 39.6 Å². The largest absolute Gasteiger partial charge is 0.416 e. The summed E-state index contributed by atoms with van der Waals surface area (Å²) in [7, 11) is -1.70. The smallest absolute Gasteiger partial charge is 0.384 e. The maximum absolute atomic E-state index is 13.0. The average molecular weight is 620 g/mol. The molecule has 5 N–H and O–H groups in total. The Morgan fingerprint density at radius 3 is 2.60 bits per heavy atom. The number of hydrogen-bond donors (Lipinski definition) is 4. The number of carbonyl (C=O) groups is 2. The number of rotatable bonds is 7. The van der Waals surface area contributed by atoms with Crippen LogP contribution in [0.4, 0.5) is 24.8 Å². The predicted molar refractivity (Wildman–Crippen MR) is 154 cm³/mol. The molecule has 0 bridgehead atoms. The molecular weight excluding hydrogens is 591 g/mol. The first-order valence-corrected chi connectivity index (χ1v) is 14.8. The van der Waals surface area contributed by atoms with Gasteiger partial charge in [-0.05, 0) is 24.3 Å². The molecule has 0 spiro atoms. The summed E-state index contributed by atoms with van der Waals surface area (Å²) in [6.07, 6.45) is -0.449. The monoisotopic (exact) mass is 619 g/mol. The van der Waals surface area contributed by atoms with Crippen molar-refractivity contribution < 1.29 is 36.6 Å². The Morgan fingerprint density at radius 2 is 1.91 bits per heavy atom. The average Bonchev–Trinajstić information content (AvgIpc) is 3.36. The van der Waals surface area contributed by atoms with Crippen molar-refractivity contribution in [2.24, 2.45) is 0 Å². The number of nitrogen functional groups attached to an aromatic ring is 1. The molecule has 2 amide bonds. The molecule has 228 valence electrons. The quantitative estimate of drug-likeness (QED) is 0.236. The number of anilines is 2. The fourth-order valence-electron chi connectivity index (χ4n) is 4.78. The molecule has 1 aliphatic rings. The first-order chi connectivity index (χ1) is 20.4. The van der Waals surface area contributed by atoms with Gasteiger partial charge in [-0.1, -0.05) is 12.1 Å². The lowest BCUT2D eigenvalue weighted by atomic mass is 10.1. The van der Waals surface area contributed by atoms with Crippen LogP contribution in [0.15, 0.2) is 55.0 Å². The summed E-state index contributed by atoms with van der Waals surface area (Å²) < 4.78 is 67.7. The number of halogens is 3. The van der Waals surface area contributed by atoms with Gasteiger partial charge in [-0.3, -0.25) is 23.1 Å². The third kappa shape index (κ3) is 6.27. The van der Waals surface area contributed by atoms with Crippen LogP contribution in [0.25, 0.3) is 16.8 Å². The predicted octanol–water partition coefficient (Wildman–Crippen LogP) is 4.32. The molecule has 4 aromatic rings. The van der Waals surface area contributed by atoms with Gasteiger partial charge in [-0.15, -0.1) is 0 Å². The van der Waals surface area contributed by atoms with E-state index in [9.17, 15) is 31.9 Å². The number of amides is 2. The Balaban J connectivity index is 1.45. The van der Waals surface area contributed by atoms with Crippen molar-refractivity contribution in [2.75, 3.05) is 43.6 Å². The lowest BCUT2D eigenvalue weighted by Crippen LogP contribution is -2.44. The molecule has 16 heteroatoms. The third-order valence-corrected chi connectivity index (χ3v) is 9.08. The highest BCUT2D eigenvalue weighted by molar-refractivity contribution is 8.24. The number of pyridine rings is 1. The van der Waals surface area contributed by atoms with Gasteiger partial charge in [0.1, 0.15) is 33.9 Å². The number of nitrogens with zero attached hydrogens (tertiary/aromatic N) is 5. The highest BCUT2D eigenvalue weighted by Crippen LogP contribution is 2.56. The highest BCUT2D eigenvalue weighted by atomic mass is 32.3. The Hall–Kier alpha value is -4.25. The minimum atomic E-state index is -4.59. The number of hydrogen-bond acceptors (Lipinski definition) is 9. The molecule has 5 rings (SSSR count). The highest BCUT2D eigenvalue weighted by Gasteiger charge is 2.39. The number of nitrogens with one attached hydrogen (secondary N) is 1. The van der Waals surface area contributed by atoms with Crippen LogP contribution in [0.1, 0.15) is 33.4 Å². The number of fused-ring (bicyclic) bond motifs is 1. The van der Waals surface area contributed by atoms with Gasteiger partial charge in [0.05, 0.1) is 24.3 Å². The number of methoxy groups -OCH3 is 1. The van der Waals surface area contributed by atoms with Gasteiger partial charge in [-0.2, -0.15) is 23.8 Å². The first kappa shape index (κ1) is 30.2. The fraction of sp³-hybridized carbons (Fsp3) is 0.296. The lowest BCUT2D eigenvalue weighted by Gasteiger charge is -2.46. The summed E-state index contributed by atoms with van der Waals surface area (Å²) >= 11 is 0. The second-order valence-corrected chi connectivity index (χ2v) is 12.2. The molecule has 4 heterocycles. The van der Waals surface area contributed by atoms with E-state index in [-0.39, 0.29) is 60.8 Å². The Morgan fingerprint density at radius 1 is 1.16 bits per heavy atom. The number of ether oxygens (including phenoxy) is 1. The summed E-state index contributed by atoms with van der Waals surface area (Å²) in [5.41, 5.74) is 6.67. The van der Waals surface area contributed by atoms with E-state index in [0.717, 1.165) is 18.3 Å². The molecule has 1 atom stereocenters. The Labute approximate surface area is 245 Å². The van der Waals surface area contributed by atoms with Crippen LogP contribution in [0.5, 0.6) is 0 Å². The third-order valence-electron chi connectivity index (χ3n) is 7.02. The van der Waals surface area contributed by atoms with Crippen LogP contribution >= 0.6 is 10.6 Å². The number of carbonyl (C=O) groups excluding carboxylic acids is 2. The van der Waals surface area contributed by atoms with Crippen molar-refractivity contribution in [3.8, 4) is 11.3 Å². The van der Waals surface area contributed by atoms with E-state index < -0.39 is 33.5 Å². The summed E-state index contributed by atoms with van der Waals surface area (Å²) in [4.78, 5) is 39.7. The lowest BCUT2D eigenvalue weighted by molar-refractivity contribution is -0.137. The van der Waals surface area contributed by atoms with Crippen LogP contribution in [0.2, 0.25) is 0 Å². The van der Waals surface area contributed by atoms with Gasteiger partial charge < -0.3 is 20.7 Å². The molecule has 1 fully saturated rings. The van der Waals surface area contributed by atoms with Crippen LogP contribution < -0.4 is 11.1 Å². The molecule has 0 radical (unpaired) electrons. The first-order valence-electron chi connectivity index (χ1n) is 13.0. The van der Waals surface area contributed by atoms with Crippen LogP contribution in [0.3, 0.4) is 0 Å². The number of alkyl halides is 3. The van der Waals surface area contributed by atoms with Crippen LogP contribution in [-0.2, 0) is 15.7 Å².